The quantitative estimate of drug-likeness (QED) is 0.0640. The molecule has 0 amide bonds. The number of aliphatic hydroxyl groups excluding tert-OH is 4. The summed E-state index contributed by atoms with van der Waals surface area (Å²) >= 11 is 0. The Morgan fingerprint density at radius 3 is 2.45 bits per heavy atom. The number of hydrogen-bond acceptors (Lipinski definition) is 14. The fraction of sp³-hybridized carbons (Fsp3) is 0.375. The zero-order valence-corrected chi connectivity index (χ0v) is 31.0. The van der Waals surface area contributed by atoms with Crippen LogP contribution in [0.1, 0.15) is 66.9 Å². The van der Waals surface area contributed by atoms with E-state index in [1.807, 2.05) is 36.4 Å². The van der Waals surface area contributed by atoms with Crippen molar-refractivity contribution in [2.75, 3.05) is 27.3 Å². The van der Waals surface area contributed by atoms with Crippen molar-refractivity contribution in [3.8, 4) is 17.2 Å². The smallest absolute Gasteiger partial charge is 0.229 e. The minimum Gasteiger partial charge on any atom is -0.507 e. The second-order valence-electron chi connectivity index (χ2n) is 13.8. The van der Waals surface area contributed by atoms with Gasteiger partial charge in [-0.25, -0.2) is 0 Å². The molecule has 3 aromatic rings. The number of benzene rings is 3. The standard InChI is InChI=1S/C40H47N5O11/c1-43-39(42)45-17-24-22(9-8-20-6-4-3-5-7-20)15-23-31(34(24)49)35(50)32-27(16-26(54-2)25(18-46)30(32)33(23)48)55-38-36(51)37(52)40(53,28(19-47)56-38)12-10-21-11-13-44-29(41)14-21/h3-7,11,14-16,28,36-38,44,46-47,49,51-53H,8-10,12-13,17-19,41H2,1-2H3,(H3,42,43,45)/t28-,36-,37-,38-,40-/m1/s1. The highest BCUT2D eigenvalue weighted by Crippen LogP contribution is 2.45. The van der Waals surface area contributed by atoms with Crippen molar-refractivity contribution in [3.05, 3.63) is 111 Å². The molecule has 0 unspecified atom stereocenters. The summed E-state index contributed by atoms with van der Waals surface area (Å²) in [5, 5.41) is 72.7. The minimum absolute atomic E-state index is 0.0310. The van der Waals surface area contributed by atoms with E-state index < -0.39 is 60.7 Å². The van der Waals surface area contributed by atoms with Crippen LogP contribution in [0.3, 0.4) is 0 Å². The second kappa shape index (κ2) is 16.7. The molecule has 0 radical (unpaired) electrons. The van der Waals surface area contributed by atoms with Crippen molar-refractivity contribution in [2.24, 2.45) is 16.5 Å². The topological polar surface area (TPSA) is 272 Å². The first kappa shape index (κ1) is 40.2. The first-order valence-corrected chi connectivity index (χ1v) is 18.1. The number of nitrogens with one attached hydrogen (secondary N) is 2. The van der Waals surface area contributed by atoms with Crippen LogP contribution in [-0.4, -0.2) is 106 Å². The first-order chi connectivity index (χ1) is 26.9. The maximum absolute atomic E-state index is 14.6. The molecule has 2 heterocycles. The molecule has 5 atom stereocenters. The molecule has 0 spiro atoms. The Morgan fingerprint density at radius 2 is 1.79 bits per heavy atom. The number of ether oxygens (including phenoxy) is 3. The highest BCUT2D eigenvalue weighted by molar-refractivity contribution is 6.31. The molecule has 1 saturated heterocycles. The number of aromatic hydroxyl groups is 1. The number of methoxy groups -OCH3 is 1. The number of carbonyl (C=O) groups excluding carboxylic acids is 2. The molecule has 3 aromatic carbocycles. The van der Waals surface area contributed by atoms with Gasteiger partial charge in [-0.05, 0) is 54.5 Å². The molecule has 3 aliphatic rings. The highest BCUT2D eigenvalue weighted by Gasteiger charge is 2.55. The molecule has 1 aliphatic carbocycles. The number of aliphatic imine (C=N–C) groups is 1. The van der Waals surface area contributed by atoms with Gasteiger partial charge in [-0.1, -0.05) is 36.4 Å². The number of fused-ring (bicyclic) bond motifs is 2. The summed E-state index contributed by atoms with van der Waals surface area (Å²) in [7, 11) is 2.76. The number of rotatable bonds is 13. The van der Waals surface area contributed by atoms with E-state index in [0.717, 1.165) is 11.1 Å². The van der Waals surface area contributed by atoms with Gasteiger partial charge in [0, 0.05) is 48.5 Å². The summed E-state index contributed by atoms with van der Waals surface area (Å²) in [5.41, 5.74) is 11.1. The van der Waals surface area contributed by atoms with Crippen LogP contribution in [0.5, 0.6) is 17.2 Å². The summed E-state index contributed by atoms with van der Waals surface area (Å²) in [6.45, 7) is -1.10. The number of aliphatic hydroxyl groups is 5. The fourth-order valence-electron chi connectivity index (χ4n) is 7.47. The van der Waals surface area contributed by atoms with Gasteiger partial charge in [0.25, 0.3) is 0 Å². The maximum atomic E-state index is 14.6. The van der Waals surface area contributed by atoms with Gasteiger partial charge < -0.3 is 67.0 Å². The number of carbonyl (C=O) groups is 2. The molecule has 1 fully saturated rings. The third kappa shape index (κ3) is 7.54. The Bertz CT molecular complexity index is 2080. The molecule has 298 valence electrons. The Kier molecular flexibility index (Phi) is 12.0. The molecule has 0 bridgehead atoms. The van der Waals surface area contributed by atoms with E-state index in [-0.39, 0.29) is 64.7 Å². The number of hydrogen-bond donors (Lipinski definition) is 10. The number of nitrogens with zero attached hydrogens (tertiary/aromatic N) is 1. The van der Waals surface area contributed by atoms with Gasteiger partial charge in [0.05, 0.1) is 37.3 Å². The molecular formula is C40H47N5O11. The Balaban J connectivity index is 1.39. The summed E-state index contributed by atoms with van der Waals surface area (Å²) in [6.07, 6.45) is -2.63. The monoisotopic (exact) mass is 773 g/mol. The van der Waals surface area contributed by atoms with Crippen LogP contribution in [0.2, 0.25) is 0 Å². The van der Waals surface area contributed by atoms with E-state index >= 15 is 0 Å². The van der Waals surface area contributed by atoms with Crippen molar-refractivity contribution in [2.45, 2.75) is 69.0 Å². The van der Waals surface area contributed by atoms with Crippen molar-refractivity contribution in [1.82, 2.24) is 10.6 Å². The van der Waals surface area contributed by atoms with Crippen LogP contribution in [0.4, 0.5) is 0 Å². The molecule has 16 heteroatoms. The molecular weight excluding hydrogens is 726 g/mol. The van der Waals surface area contributed by atoms with Gasteiger partial charge in [0.2, 0.25) is 12.1 Å². The molecule has 56 heavy (non-hydrogen) atoms. The summed E-state index contributed by atoms with van der Waals surface area (Å²) in [4.78, 5) is 33.1. The van der Waals surface area contributed by atoms with Crippen LogP contribution in [-0.2, 0) is 30.7 Å². The largest absolute Gasteiger partial charge is 0.507 e. The molecule has 0 aromatic heterocycles. The number of allylic oxidation sites excluding steroid dienone is 2. The zero-order chi connectivity index (χ0) is 40.3. The SMILES string of the molecule is CN=C(N)NCc1c(CCc2ccccc2)cc2c(c1O)C(=O)c1c(O[C@@H]3O[C@H](CO)[C@](O)(CCC4=CCNC(N)=C4)[C@H](O)[C@H]3O)cc(OC)c(CO)c1C2=O. The van der Waals surface area contributed by atoms with Gasteiger partial charge in [0.1, 0.15) is 41.2 Å². The van der Waals surface area contributed by atoms with Gasteiger partial charge in [0.15, 0.2) is 11.7 Å². The second-order valence-corrected chi connectivity index (χ2v) is 13.8. The number of dihydropyridines is 1. The molecule has 16 nitrogen and oxygen atoms in total. The third-order valence-electron chi connectivity index (χ3n) is 10.6. The van der Waals surface area contributed by atoms with E-state index in [1.54, 1.807) is 12.1 Å². The van der Waals surface area contributed by atoms with Gasteiger partial charge in [-0.15, -0.1) is 0 Å². The Labute approximate surface area is 322 Å². The van der Waals surface area contributed by atoms with E-state index in [1.165, 1.54) is 20.2 Å². The summed E-state index contributed by atoms with van der Waals surface area (Å²) in [6, 6.07) is 12.3. The number of guanidine groups is 1. The normalized spacial score (nSPS) is 23.4. The minimum atomic E-state index is -2.15. The highest BCUT2D eigenvalue weighted by atomic mass is 16.7. The number of nitrogens with two attached hydrogens (primary N) is 2. The van der Waals surface area contributed by atoms with Crippen LogP contribution in [0.15, 0.2) is 71.0 Å². The molecule has 6 rings (SSSR count). The third-order valence-corrected chi connectivity index (χ3v) is 10.6. The van der Waals surface area contributed by atoms with Crippen LogP contribution in [0, 0.1) is 0 Å². The average molecular weight is 774 g/mol. The lowest BCUT2D eigenvalue weighted by molar-refractivity contribution is -0.314. The van der Waals surface area contributed by atoms with Crippen LogP contribution in [0.25, 0.3) is 0 Å². The van der Waals surface area contributed by atoms with Gasteiger partial charge in [-0.3, -0.25) is 14.6 Å². The van der Waals surface area contributed by atoms with E-state index in [9.17, 15) is 40.2 Å². The lowest BCUT2D eigenvalue weighted by Gasteiger charge is -2.48. The average Bonchev–Trinajstić information content (AvgIpc) is 3.20. The number of phenols is 1. The lowest BCUT2D eigenvalue weighted by atomic mass is 9.78. The lowest BCUT2D eigenvalue weighted by Crippen LogP contribution is -2.67. The molecule has 0 saturated carbocycles. The van der Waals surface area contributed by atoms with Gasteiger partial charge >= 0.3 is 0 Å². The number of phenolic OH excluding ortho intramolecular Hbond substituents is 1. The van der Waals surface area contributed by atoms with Crippen molar-refractivity contribution in [1.29, 1.82) is 0 Å². The van der Waals surface area contributed by atoms with E-state index in [0.29, 0.717) is 36.3 Å². The van der Waals surface area contributed by atoms with Crippen molar-refractivity contribution < 1.29 is 54.4 Å². The zero-order valence-electron chi connectivity index (χ0n) is 31.0. The van der Waals surface area contributed by atoms with Gasteiger partial charge in [-0.2, -0.15) is 0 Å². The van der Waals surface area contributed by atoms with E-state index in [4.69, 9.17) is 25.7 Å². The van der Waals surface area contributed by atoms with Crippen molar-refractivity contribution in [3.63, 3.8) is 0 Å². The predicted octanol–water partition coefficient (Wildman–Crippen LogP) is 0.147. The predicted molar refractivity (Wildman–Crippen MR) is 203 cm³/mol. The number of ketones is 2. The van der Waals surface area contributed by atoms with Crippen LogP contribution < -0.4 is 31.6 Å². The first-order valence-electron chi connectivity index (χ1n) is 18.1. The summed E-state index contributed by atoms with van der Waals surface area (Å²) < 4.78 is 17.4. The Morgan fingerprint density at radius 1 is 1.04 bits per heavy atom. The molecule has 2 aliphatic heterocycles. The maximum Gasteiger partial charge on any atom is 0.229 e. The number of aryl methyl sites for hydroxylation is 2. The summed E-state index contributed by atoms with van der Waals surface area (Å²) in [5.74, 6) is -1.95. The van der Waals surface area contributed by atoms with E-state index in [2.05, 4.69) is 15.6 Å². The molecule has 12 N–H and O–H groups in total. The van der Waals surface area contributed by atoms with Crippen LogP contribution >= 0.6 is 0 Å². The Hall–Kier alpha value is -5.49. The fourth-order valence-corrected chi connectivity index (χ4v) is 7.47. The van der Waals surface area contributed by atoms with Crippen molar-refractivity contribution >= 4 is 17.5 Å².